The molecule has 1 N–H and O–H groups in total. The Bertz CT molecular complexity index is 635. The normalized spacial score (nSPS) is 18.3. The first-order valence-electron chi connectivity index (χ1n) is 8.97. The maximum atomic E-state index is 13.0. The quantitative estimate of drug-likeness (QED) is 0.911. The van der Waals surface area contributed by atoms with E-state index in [0.29, 0.717) is 12.6 Å². The van der Waals surface area contributed by atoms with Crippen LogP contribution in [0.4, 0.5) is 0 Å². The van der Waals surface area contributed by atoms with Gasteiger partial charge in [-0.1, -0.05) is 60.7 Å². The molecular formula is C21H27N3O. The van der Waals surface area contributed by atoms with Gasteiger partial charge in [0.1, 0.15) is 0 Å². The maximum Gasteiger partial charge on any atom is 0.237 e. The Morgan fingerprint density at radius 1 is 1.12 bits per heavy atom. The average molecular weight is 337 g/mol. The molecule has 132 valence electrons. The number of rotatable bonds is 5. The molecule has 1 aliphatic rings. The number of likely N-dealkylation sites (N-methyl/N-ethyl adjacent to an activating group) is 1. The zero-order chi connectivity index (χ0) is 17.6. The fourth-order valence-electron chi connectivity index (χ4n) is 3.46. The van der Waals surface area contributed by atoms with E-state index >= 15 is 0 Å². The molecule has 0 bridgehead atoms. The largest absolute Gasteiger partial charge is 0.334 e. The third-order valence-corrected chi connectivity index (χ3v) is 4.99. The van der Waals surface area contributed by atoms with Crippen molar-refractivity contribution in [2.24, 2.45) is 0 Å². The molecule has 3 rings (SSSR count). The molecule has 4 nitrogen and oxygen atoms in total. The highest BCUT2D eigenvalue weighted by atomic mass is 16.2. The maximum absolute atomic E-state index is 13.0. The molecule has 1 heterocycles. The van der Waals surface area contributed by atoms with Crippen LogP contribution in [0.1, 0.15) is 24.1 Å². The number of nitrogens with zero attached hydrogens (tertiary/aromatic N) is 2. The summed E-state index contributed by atoms with van der Waals surface area (Å²) < 4.78 is 0. The number of nitrogens with one attached hydrogen (secondary N) is 1. The van der Waals surface area contributed by atoms with E-state index in [1.807, 2.05) is 48.3 Å². The number of carbonyl (C=O) groups is 1. The molecule has 2 aromatic rings. The first-order chi connectivity index (χ1) is 12.2. The minimum atomic E-state index is -0.0619. The monoisotopic (exact) mass is 337 g/mol. The van der Waals surface area contributed by atoms with Crippen molar-refractivity contribution in [2.45, 2.75) is 19.0 Å². The summed E-state index contributed by atoms with van der Waals surface area (Å²) in [5.41, 5.74) is 2.27. The fourth-order valence-corrected chi connectivity index (χ4v) is 3.46. The van der Waals surface area contributed by atoms with Crippen LogP contribution in [0.2, 0.25) is 0 Å². The second-order valence-electron chi connectivity index (χ2n) is 6.75. The molecule has 0 unspecified atom stereocenters. The first kappa shape index (κ1) is 17.6. The SMILES string of the molecule is C[C@@H]1CNCCN1CC(=O)N(C)C(c1ccccc1)c1ccccc1. The number of carbonyl (C=O) groups excluding carboxylic acids is 1. The van der Waals surface area contributed by atoms with Gasteiger partial charge in [-0.05, 0) is 18.1 Å². The zero-order valence-electron chi connectivity index (χ0n) is 15.1. The summed E-state index contributed by atoms with van der Waals surface area (Å²) in [7, 11) is 1.92. The lowest BCUT2D eigenvalue weighted by Crippen LogP contribution is -2.53. The third kappa shape index (κ3) is 4.27. The van der Waals surface area contributed by atoms with Gasteiger partial charge in [-0.15, -0.1) is 0 Å². The fraction of sp³-hybridized carbons (Fsp3) is 0.381. The molecule has 1 atom stereocenters. The molecular weight excluding hydrogens is 310 g/mol. The molecule has 1 saturated heterocycles. The number of amides is 1. The predicted octanol–water partition coefficient (Wildman–Crippen LogP) is 2.53. The summed E-state index contributed by atoms with van der Waals surface area (Å²) in [4.78, 5) is 17.2. The molecule has 25 heavy (non-hydrogen) atoms. The number of hydrogen-bond donors (Lipinski definition) is 1. The lowest BCUT2D eigenvalue weighted by atomic mass is 9.97. The Morgan fingerprint density at radius 3 is 2.20 bits per heavy atom. The van der Waals surface area contributed by atoms with E-state index in [-0.39, 0.29) is 11.9 Å². The molecule has 1 fully saturated rings. The Labute approximate surface area is 150 Å². The molecule has 1 aliphatic heterocycles. The smallest absolute Gasteiger partial charge is 0.237 e. The highest BCUT2D eigenvalue weighted by molar-refractivity contribution is 5.79. The van der Waals surface area contributed by atoms with Gasteiger partial charge in [0, 0.05) is 32.7 Å². The molecule has 0 aliphatic carbocycles. The van der Waals surface area contributed by atoms with Gasteiger partial charge >= 0.3 is 0 Å². The van der Waals surface area contributed by atoms with Gasteiger partial charge < -0.3 is 10.2 Å². The van der Waals surface area contributed by atoms with E-state index in [2.05, 4.69) is 41.4 Å². The standard InChI is InChI=1S/C21H27N3O/c1-17-15-22-13-14-24(17)16-20(25)23(2)21(18-9-5-3-6-10-18)19-11-7-4-8-12-19/h3-12,17,21-22H,13-16H2,1-2H3/t17-/m1/s1. The van der Waals surface area contributed by atoms with E-state index in [0.717, 1.165) is 30.8 Å². The lowest BCUT2D eigenvalue weighted by molar-refractivity contribution is -0.133. The van der Waals surface area contributed by atoms with Crippen molar-refractivity contribution in [2.75, 3.05) is 33.2 Å². The molecule has 2 aromatic carbocycles. The number of benzene rings is 2. The van der Waals surface area contributed by atoms with Gasteiger partial charge in [-0.25, -0.2) is 0 Å². The van der Waals surface area contributed by atoms with Crippen LogP contribution in [0.25, 0.3) is 0 Å². The van der Waals surface area contributed by atoms with E-state index in [4.69, 9.17) is 0 Å². The Hall–Kier alpha value is -2.17. The van der Waals surface area contributed by atoms with Crippen LogP contribution in [0.5, 0.6) is 0 Å². The van der Waals surface area contributed by atoms with E-state index < -0.39 is 0 Å². The lowest BCUT2D eigenvalue weighted by Gasteiger charge is -2.36. The molecule has 0 radical (unpaired) electrons. The molecule has 1 amide bonds. The van der Waals surface area contributed by atoms with Gasteiger partial charge in [-0.2, -0.15) is 0 Å². The van der Waals surface area contributed by atoms with Crippen LogP contribution in [-0.4, -0.2) is 55.0 Å². The van der Waals surface area contributed by atoms with Gasteiger partial charge in [-0.3, -0.25) is 9.69 Å². The van der Waals surface area contributed by atoms with Gasteiger partial charge in [0.05, 0.1) is 12.6 Å². The summed E-state index contributed by atoms with van der Waals surface area (Å²) in [6.07, 6.45) is 0. The molecule has 4 heteroatoms. The Kier molecular flexibility index (Phi) is 5.84. The van der Waals surface area contributed by atoms with Crippen molar-refractivity contribution >= 4 is 5.91 Å². The van der Waals surface area contributed by atoms with E-state index in [1.54, 1.807) is 0 Å². The summed E-state index contributed by atoms with van der Waals surface area (Å²) >= 11 is 0. The van der Waals surface area contributed by atoms with Crippen molar-refractivity contribution in [1.82, 2.24) is 15.1 Å². The minimum absolute atomic E-state index is 0.0619. The van der Waals surface area contributed by atoms with Crippen molar-refractivity contribution in [3.05, 3.63) is 71.8 Å². The third-order valence-electron chi connectivity index (χ3n) is 4.99. The zero-order valence-corrected chi connectivity index (χ0v) is 15.1. The minimum Gasteiger partial charge on any atom is -0.334 e. The summed E-state index contributed by atoms with van der Waals surface area (Å²) in [5.74, 6) is 0.159. The van der Waals surface area contributed by atoms with Crippen LogP contribution in [0.15, 0.2) is 60.7 Å². The second-order valence-corrected chi connectivity index (χ2v) is 6.75. The molecule has 0 spiro atoms. The molecule has 0 aromatic heterocycles. The highest BCUT2D eigenvalue weighted by Crippen LogP contribution is 2.27. The van der Waals surface area contributed by atoms with Crippen LogP contribution in [-0.2, 0) is 4.79 Å². The van der Waals surface area contributed by atoms with Crippen molar-refractivity contribution in [3.63, 3.8) is 0 Å². The van der Waals surface area contributed by atoms with Gasteiger partial charge in [0.15, 0.2) is 0 Å². The van der Waals surface area contributed by atoms with Gasteiger partial charge in [0.2, 0.25) is 5.91 Å². The van der Waals surface area contributed by atoms with E-state index in [1.165, 1.54) is 0 Å². The Morgan fingerprint density at radius 2 is 1.68 bits per heavy atom. The first-order valence-corrected chi connectivity index (χ1v) is 8.97. The second kappa shape index (κ2) is 8.28. The van der Waals surface area contributed by atoms with Crippen LogP contribution in [0, 0.1) is 0 Å². The predicted molar refractivity (Wildman–Crippen MR) is 101 cm³/mol. The van der Waals surface area contributed by atoms with Gasteiger partial charge in [0.25, 0.3) is 0 Å². The molecule has 0 saturated carbocycles. The van der Waals surface area contributed by atoms with Crippen LogP contribution >= 0.6 is 0 Å². The number of piperazine rings is 1. The highest BCUT2D eigenvalue weighted by Gasteiger charge is 2.27. The van der Waals surface area contributed by atoms with Crippen molar-refractivity contribution < 1.29 is 4.79 Å². The summed E-state index contributed by atoms with van der Waals surface area (Å²) in [6.45, 7) is 5.45. The van der Waals surface area contributed by atoms with Crippen molar-refractivity contribution in [1.29, 1.82) is 0 Å². The number of hydrogen-bond acceptors (Lipinski definition) is 3. The Balaban J connectivity index is 1.81. The summed E-state index contributed by atoms with van der Waals surface area (Å²) in [6, 6.07) is 20.8. The van der Waals surface area contributed by atoms with E-state index in [9.17, 15) is 4.79 Å². The summed E-state index contributed by atoms with van der Waals surface area (Å²) in [5, 5.41) is 3.37. The van der Waals surface area contributed by atoms with Crippen molar-refractivity contribution in [3.8, 4) is 0 Å². The topological polar surface area (TPSA) is 35.6 Å². The average Bonchev–Trinajstić information content (AvgIpc) is 2.65. The van der Waals surface area contributed by atoms with Crippen LogP contribution < -0.4 is 5.32 Å². The van der Waals surface area contributed by atoms with Crippen LogP contribution in [0.3, 0.4) is 0 Å².